The number of primary amides is 1. The van der Waals surface area contributed by atoms with E-state index in [2.05, 4.69) is 17.2 Å². The van der Waals surface area contributed by atoms with Crippen LogP contribution >= 0.6 is 12.2 Å². The molecule has 0 radical (unpaired) electrons. The third kappa shape index (κ3) is 1.56. The number of H-pyrrole nitrogens is 1. The summed E-state index contributed by atoms with van der Waals surface area (Å²) in [6.07, 6.45) is 0. The molecule has 4 nitrogen and oxygen atoms in total. The molecule has 1 aromatic rings. The monoisotopic (exact) mass is 169 g/mol. The number of rotatable bonds is 2. The molecule has 11 heavy (non-hydrogen) atoms. The Bertz CT molecular complexity index is 276. The average molecular weight is 169 g/mol. The molecule has 1 aromatic heterocycles. The minimum Gasteiger partial charge on any atom is -0.388 e. The van der Waals surface area contributed by atoms with Crippen LogP contribution in [-0.4, -0.2) is 15.9 Å². The average Bonchev–Trinajstić information content (AvgIpc) is 2.33. The van der Waals surface area contributed by atoms with Crippen molar-refractivity contribution >= 4 is 23.1 Å². The number of aromatic nitrogens is 1. The first kappa shape index (κ1) is 7.74. The number of nitrogens with two attached hydrogens (primary N) is 2. The summed E-state index contributed by atoms with van der Waals surface area (Å²) >= 11 is 4.66. The minimum absolute atomic E-state index is 0.220. The fourth-order valence-corrected chi connectivity index (χ4v) is 0.802. The van der Waals surface area contributed by atoms with Gasteiger partial charge in [-0.15, -0.1) is 0 Å². The SMILES string of the molecule is NC(=O)c1ccc(C(N)=S)[nH]1. The molecule has 0 aromatic carbocycles. The number of hydrogen-bond acceptors (Lipinski definition) is 2. The molecular formula is C6H7N3OS. The molecule has 0 spiro atoms. The van der Waals surface area contributed by atoms with E-state index in [1.54, 1.807) is 6.07 Å². The zero-order valence-electron chi connectivity index (χ0n) is 5.63. The number of hydrogen-bond donors (Lipinski definition) is 3. The summed E-state index contributed by atoms with van der Waals surface area (Å²) in [4.78, 5) is 13.4. The van der Waals surface area contributed by atoms with E-state index in [0.717, 1.165) is 0 Å². The fraction of sp³-hybridized carbons (Fsp3) is 0. The molecule has 58 valence electrons. The molecule has 1 heterocycles. The first-order chi connectivity index (χ1) is 5.11. The predicted octanol–water partition coefficient (Wildman–Crippen LogP) is -0.252. The molecule has 1 rings (SSSR count). The van der Waals surface area contributed by atoms with Crippen LogP contribution < -0.4 is 11.5 Å². The first-order valence-corrected chi connectivity index (χ1v) is 3.30. The van der Waals surface area contributed by atoms with Crippen molar-refractivity contribution in [2.45, 2.75) is 0 Å². The molecule has 0 aliphatic heterocycles. The van der Waals surface area contributed by atoms with Gasteiger partial charge in [-0.25, -0.2) is 0 Å². The van der Waals surface area contributed by atoms with Crippen LogP contribution in [0.1, 0.15) is 16.2 Å². The van der Waals surface area contributed by atoms with E-state index in [0.29, 0.717) is 11.4 Å². The van der Waals surface area contributed by atoms with Crippen molar-refractivity contribution in [2.24, 2.45) is 11.5 Å². The lowest BCUT2D eigenvalue weighted by atomic mass is 10.4. The van der Waals surface area contributed by atoms with Gasteiger partial charge in [-0.2, -0.15) is 0 Å². The maximum atomic E-state index is 10.5. The van der Waals surface area contributed by atoms with Gasteiger partial charge in [0.2, 0.25) is 0 Å². The molecule has 0 saturated carbocycles. The summed E-state index contributed by atoms with van der Waals surface area (Å²) in [6, 6.07) is 3.15. The highest BCUT2D eigenvalue weighted by atomic mass is 32.1. The largest absolute Gasteiger partial charge is 0.388 e. The van der Waals surface area contributed by atoms with E-state index >= 15 is 0 Å². The topological polar surface area (TPSA) is 84.9 Å². The van der Waals surface area contributed by atoms with Gasteiger partial charge in [0.25, 0.3) is 5.91 Å². The Kier molecular flexibility index (Phi) is 1.91. The number of thiocarbonyl (C=S) groups is 1. The maximum absolute atomic E-state index is 10.5. The summed E-state index contributed by atoms with van der Waals surface area (Å²) in [6.45, 7) is 0. The lowest BCUT2D eigenvalue weighted by Gasteiger charge is -1.90. The second-order valence-corrected chi connectivity index (χ2v) is 2.45. The lowest BCUT2D eigenvalue weighted by molar-refractivity contribution is 0.0996. The highest BCUT2D eigenvalue weighted by Crippen LogP contribution is 1.99. The smallest absolute Gasteiger partial charge is 0.265 e. The van der Waals surface area contributed by atoms with Crippen LogP contribution in [0.2, 0.25) is 0 Å². The second kappa shape index (κ2) is 2.71. The molecule has 0 atom stereocenters. The Morgan fingerprint density at radius 3 is 2.18 bits per heavy atom. The van der Waals surface area contributed by atoms with Crippen molar-refractivity contribution in [3.63, 3.8) is 0 Å². The summed E-state index contributed by atoms with van der Waals surface area (Å²) < 4.78 is 0. The molecule has 0 bridgehead atoms. The number of amides is 1. The van der Waals surface area contributed by atoms with Gasteiger partial charge >= 0.3 is 0 Å². The van der Waals surface area contributed by atoms with Crippen molar-refractivity contribution < 1.29 is 4.79 Å². The van der Waals surface area contributed by atoms with Crippen molar-refractivity contribution in [2.75, 3.05) is 0 Å². The van der Waals surface area contributed by atoms with Crippen LogP contribution in [0.4, 0.5) is 0 Å². The zero-order valence-corrected chi connectivity index (χ0v) is 6.44. The zero-order chi connectivity index (χ0) is 8.43. The summed E-state index contributed by atoms with van der Waals surface area (Å²) in [7, 11) is 0. The van der Waals surface area contributed by atoms with Gasteiger partial charge in [-0.1, -0.05) is 12.2 Å². The third-order valence-corrected chi connectivity index (χ3v) is 1.44. The quantitative estimate of drug-likeness (QED) is 0.533. The highest BCUT2D eigenvalue weighted by molar-refractivity contribution is 7.80. The third-order valence-electron chi connectivity index (χ3n) is 1.22. The van der Waals surface area contributed by atoms with Crippen LogP contribution in [0.5, 0.6) is 0 Å². The normalized spacial score (nSPS) is 9.45. The summed E-state index contributed by atoms with van der Waals surface area (Å²) in [5.41, 5.74) is 11.1. The standard InChI is InChI=1S/C6H7N3OS/c7-5(10)3-1-2-4(9-3)6(8)11/h1-2,9H,(H2,7,10)(H2,8,11). The van der Waals surface area contributed by atoms with Gasteiger partial charge in [0.05, 0.1) is 5.69 Å². The van der Waals surface area contributed by atoms with Gasteiger partial charge in [-0.3, -0.25) is 4.79 Å². The van der Waals surface area contributed by atoms with Gasteiger partial charge in [0.15, 0.2) is 0 Å². The lowest BCUT2D eigenvalue weighted by Crippen LogP contribution is -2.13. The maximum Gasteiger partial charge on any atom is 0.265 e. The van der Waals surface area contributed by atoms with Crippen molar-refractivity contribution in [1.29, 1.82) is 0 Å². The van der Waals surface area contributed by atoms with Crippen LogP contribution in [-0.2, 0) is 0 Å². The van der Waals surface area contributed by atoms with E-state index in [9.17, 15) is 4.79 Å². The molecular weight excluding hydrogens is 162 g/mol. The van der Waals surface area contributed by atoms with E-state index in [4.69, 9.17) is 11.5 Å². The Labute approximate surface area is 68.6 Å². The fourth-order valence-electron chi connectivity index (χ4n) is 0.683. The molecule has 0 aliphatic rings. The Balaban J connectivity index is 2.99. The van der Waals surface area contributed by atoms with E-state index in [1.807, 2.05) is 0 Å². The summed E-state index contributed by atoms with van der Waals surface area (Å²) in [5.74, 6) is -0.521. The Morgan fingerprint density at radius 2 is 1.91 bits per heavy atom. The van der Waals surface area contributed by atoms with Gasteiger partial charge in [0, 0.05) is 0 Å². The molecule has 0 unspecified atom stereocenters. The number of aromatic amines is 1. The highest BCUT2D eigenvalue weighted by Gasteiger charge is 2.04. The predicted molar refractivity (Wildman–Crippen MR) is 45.2 cm³/mol. The van der Waals surface area contributed by atoms with Crippen LogP contribution in [0.3, 0.4) is 0 Å². The van der Waals surface area contributed by atoms with Crippen LogP contribution in [0.25, 0.3) is 0 Å². The van der Waals surface area contributed by atoms with Crippen LogP contribution in [0.15, 0.2) is 12.1 Å². The second-order valence-electron chi connectivity index (χ2n) is 2.01. The number of nitrogens with one attached hydrogen (secondary N) is 1. The van der Waals surface area contributed by atoms with E-state index in [-0.39, 0.29) is 4.99 Å². The Hall–Kier alpha value is -1.36. The van der Waals surface area contributed by atoms with Crippen molar-refractivity contribution in [3.8, 4) is 0 Å². The van der Waals surface area contributed by atoms with Gasteiger partial charge < -0.3 is 16.5 Å². The van der Waals surface area contributed by atoms with Gasteiger partial charge in [0.1, 0.15) is 10.7 Å². The number of carbonyl (C=O) groups excluding carboxylic acids is 1. The molecule has 5 N–H and O–H groups in total. The molecule has 0 saturated heterocycles. The molecule has 1 amide bonds. The molecule has 5 heteroatoms. The van der Waals surface area contributed by atoms with Crippen molar-refractivity contribution in [3.05, 3.63) is 23.5 Å². The minimum atomic E-state index is -0.521. The van der Waals surface area contributed by atoms with Gasteiger partial charge in [-0.05, 0) is 12.1 Å². The van der Waals surface area contributed by atoms with Crippen molar-refractivity contribution in [1.82, 2.24) is 4.98 Å². The Morgan fingerprint density at radius 1 is 1.36 bits per heavy atom. The molecule has 0 fully saturated rings. The van der Waals surface area contributed by atoms with E-state index in [1.165, 1.54) is 6.07 Å². The number of carbonyl (C=O) groups is 1. The summed E-state index contributed by atoms with van der Waals surface area (Å²) in [5, 5.41) is 0. The first-order valence-electron chi connectivity index (χ1n) is 2.90. The van der Waals surface area contributed by atoms with Crippen LogP contribution in [0, 0.1) is 0 Å². The molecule has 0 aliphatic carbocycles. The van der Waals surface area contributed by atoms with E-state index < -0.39 is 5.91 Å².